The van der Waals surface area contributed by atoms with Crippen LogP contribution >= 0.6 is 0 Å². The predicted octanol–water partition coefficient (Wildman–Crippen LogP) is 1.06. The van der Waals surface area contributed by atoms with Crippen LogP contribution in [0.1, 0.15) is 15.9 Å². The van der Waals surface area contributed by atoms with Crippen molar-refractivity contribution in [2.24, 2.45) is 0 Å². The number of phenolic OH excluding ortho intramolecular Hbond substituents is 5. The molecule has 7 heteroatoms. The van der Waals surface area contributed by atoms with E-state index in [2.05, 4.69) is 0 Å². The number of carbonyl (C=O) groups is 1. The molecule has 2 aromatic rings. The predicted molar refractivity (Wildman–Crippen MR) is 70.4 cm³/mol. The average molecular weight is 469 g/mol. The molecule has 4 radical (unpaired) electrons. The van der Waals surface area contributed by atoms with Crippen molar-refractivity contribution < 1.29 is 30.3 Å². The first-order valence-corrected chi connectivity index (χ1v) is 5.22. The number of hydrogen-bond donors (Lipinski definition) is 5. The second kappa shape index (κ2) is 5.99. The van der Waals surface area contributed by atoms with E-state index in [0.717, 1.165) is 18.2 Å². The van der Waals surface area contributed by atoms with Crippen LogP contribution in [0.2, 0.25) is 0 Å². The number of aromatic hydroxyl groups is 5. The second-order valence-corrected chi connectivity index (χ2v) is 3.86. The van der Waals surface area contributed by atoms with Crippen molar-refractivity contribution >= 4 is 33.1 Å². The Bertz CT molecular complexity index is 668. The maximum atomic E-state index is 12.1. The van der Waals surface area contributed by atoms with Gasteiger partial charge < -0.3 is 25.5 Å². The van der Waals surface area contributed by atoms with Crippen molar-refractivity contribution in [1.82, 2.24) is 0 Å². The molecule has 0 aliphatic carbocycles. The van der Waals surface area contributed by atoms with Gasteiger partial charge >= 0.3 is 0 Å². The van der Waals surface area contributed by atoms with Gasteiger partial charge in [0.15, 0.2) is 11.5 Å². The quantitative estimate of drug-likeness (QED) is 0.255. The van der Waals surface area contributed by atoms with Crippen molar-refractivity contribution in [3.05, 3.63) is 41.5 Å². The molecule has 0 saturated heterocycles. The van der Waals surface area contributed by atoms with Crippen molar-refractivity contribution in [3.63, 3.8) is 0 Å². The molecule has 0 atom stereocenters. The van der Waals surface area contributed by atoms with E-state index < -0.39 is 28.8 Å². The Balaban J connectivity index is 0.00000200. The SMILES string of the molecule is O=C(c1ccc(O)cc1O)c1ccc(O)c(O)c1O.[Pb]. The van der Waals surface area contributed by atoms with Gasteiger partial charge in [0.05, 0.1) is 11.1 Å². The van der Waals surface area contributed by atoms with Crippen molar-refractivity contribution in [1.29, 1.82) is 0 Å². The van der Waals surface area contributed by atoms with E-state index in [-0.39, 0.29) is 44.2 Å². The second-order valence-electron chi connectivity index (χ2n) is 3.86. The molecule has 2 aromatic carbocycles. The van der Waals surface area contributed by atoms with E-state index in [0.29, 0.717) is 0 Å². The Morgan fingerprint density at radius 1 is 0.750 bits per heavy atom. The minimum absolute atomic E-state index is 0. The van der Waals surface area contributed by atoms with Crippen molar-refractivity contribution in [3.8, 4) is 28.7 Å². The Labute approximate surface area is 133 Å². The normalized spacial score (nSPS) is 9.80. The van der Waals surface area contributed by atoms with Crippen LogP contribution in [-0.4, -0.2) is 58.6 Å². The van der Waals surface area contributed by atoms with Crippen LogP contribution in [0.4, 0.5) is 0 Å². The summed E-state index contributed by atoms with van der Waals surface area (Å²) < 4.78 is 0. The van der Waals surface area contributed by atoms with Gasteiger partial charge in [-0.05, 0) is 24.3 Å². The van der Waals surface area contributed by atoms with E-state index in [9.17, 15) is 20.1 Å². The molecule has 0 aromatic heterocycles. The number of hydrogen-bond acceptors (Lipinski definition) is 6. The average Bonchev–Trinajstić information content (AvgIpc) is 2.35. The van der Waals surface area contributed by atoms with Crippen LogP contribution in [0.15, 0.2) is 30.3 Å². The van der Waals surface area contributed by atoms with E-state index in [1.54, 1.807) is 0 Å². The van der Waals surface area contributed by atoms with Gasteiger partial charge in [-0.3, -0.25) is 4.79 Å². The fraction of sp³-hybridized carbons (Fsp3) is 0. The summed E-state index contributed by atoms with van der Waals surface area (Å²) in [4.78, 5) is 12.1. The molecule has 2 rings (SSSR count). The summed E-state index contributed by atoms with van der Waals surface area (Å²) in [7, 11) is 0. The summed E-state index contributed by atoms with van der Waals surface area (Å²) in [5.74, 6) is -3.60. The van der Waals surface area contributed by atoms with Crippen LogP contribution in [-0.2, 0) is 0 Å². The van der Waals surface area contributed by atoms with Crippen molar-refractivity contribution in [2.45, 2.75) is 0 Å². The van der Waals surface area contributed by atoms with E-state index in [4.69, 9.17) is 10.2 Å². The smallest absolute Gasteiger partial charge is 0.201 e. The third-order valence-corrected chi connectivity index (χ3v) is 2.60. The third-order valence-electron chi connectivity index (χ3n) is 2.60. The topological polar surface area (TPSA) is 118 Å². The summed E-state index contributed by atoms with van der Waals surface area (Å²) in [5, 5.41) is 46.8. The Kier molecular flexibility index (Phi) is 4.82. The molecular formula is C13H10O6Pb. The zero-order chi connectivity index (χ0) is 14.2. The monoisotopic (exact) mass is 470 g/mol. The zero-order valence-electron chi connectivity index (χ0n) is 10.0. The molecule has 0 amide bonds. The summed E-state index contributed by atoms with van der Waals surface area (Å²) in [6.07, 6.45) is 0. The molecule has 5 N–H and O–H groups in total. The minimum Gasteiger partial charge on any atom is -0.508 e. The molecule has 0 aliphatic heterocycles. The Morgan fingerprint density at radius 3 is 1.95 bits per heavy atom. The van der Waals surface area contributed by atoms with Gasteiger partial charge in [-0.15, -0.1) is 0 Å². The van der Waals surface area contributed by atoms with Gasteiger partial charge in [-0.1, -0.05) is 0 Å². The first kappa shape index (κ1) is 16.1. The van der Waals surface area contributed by atoms with Crippen LogP contribution in [0.25, 0.3) is 0 Å². The molecule has 0 unspecified atom stereocenters. The van der Waals surface area contributed by atoms with Gasteiger partial charge in [-0.25, -0.2) is 0 Å². The fourth-order valence-corrected chi connectivity index (χ4v) is 1.61. The number of carbonyl (C=O) groups excluding carboxylic acids is 1. The number of benzene rings is 2. The van der Waals surface area contributed by atoms with Crippen LogP contribution in [0.3, 0.4) is 0 Å². The maximum absolute atomic E-state index is 12.1. The molecular weight excluding hydrogens is 459 g/mol. The molecule has 0 heterocycles. The van der Waals surface area contributed by atoms with Crippen molar-refractivity contribution in [2.75, 3.05) is 0 Å². The standard InChI is InChI=1S/C13H10O6.Pb/c14-6-1-2-7(10(16)5-6)11(17)8-3-4-9(15)13(19)12(8)18;/h1-5,14-16,18-19H;. The van der Waals surface area contributed by atoms with Gasteiger partial charge in [0, 0.05) is 33.4 Å². The Morgan fingerprint density at radius 2 is 1.35 bits per heavy atom. The largest absolute Gasteiger partial charge is 0.508 e. The molecule has 0 bridgehead atoms. The summed E-state index contributed by atoms with van der Waals surface area (Å²) in [5.41, 5.74) is -0.436. The molecule has 0 fully saturated rings. The number of ketones is 1. The number of rotatable bonds is 2. The summed E-state index contributed by atoms with van der Waals surface area (Å²) >= 11 is 0. The molecule has 0 aliphatic rings. The van der Waals surface area contributed by atoms with Crippen LogP contribution in [0, 0.1) is 0 Å². The van der Waals surface area contributed by atoms with E-state index >= 15 is 0 Å². The first-order valence-electron chi connectivity index (χ1n) is 5.22. The Hall–Kier alpha value is -1.97. The number of phenols is 5. The van der Waals surface area contributed by atoms with E-state index in [1.165, 1.54) is 12.1 Å². The third kappa shape index (κ3) is 2.79. The molecule has 0 saturated carbocycles. The summed E-state index contributed by atoms with van der Waals surface area (Å²) in [6.45, 7) is 0. The van der Waals surface area contributed by atoms with Crippen LogP contribution < -0.4 is 0 Å². The van der Waals surface area contributed by atoms with Gasteiger partial charge in [0.25, 0.3) is 0 Å². The van der Waals surface area contributed by atoms with E-state index in [1.807, 2.05) is 0 Å². The molecule has 102 valence electrons. The van der Waals surface area contributed by atoms with Crippen LogP contribution in [0.5, 0.6) is 28.7 Å². The maximum Gasteiger partial charge on any atom is 0.201 e. The fourth-order valence-electron chi connectivity index (χ4n) is 1.61. The van der Waals surface area contributed by atoms with Gasteiger partial charge in [0.2, 0.25) is 11.5 Å². The summed E-state index contributed by atoms with van der Waals surface area (Å²) in [6, 6.07) is 5.50. The van der Waals surface area contributed by atoms with Gasteiger partial charge in [-0.2, -0.15) is 0 Å². The minimum atomic E-state index is -0.816. The molecule has 6 nitrogen and oxygen atoms in total. The zero-order valence-corrected chi connectivity index (χ0v) is 13.9. The first-order chi connectivity index (χ1) is 8.91. The molecule has 20 heavy (non-hydrogen) atoms. The van der Waals surface area contributed by atoms with Gasteiger partial charge in [0.1, 0.15) is 11.5 Å². The molecule has 0 spiro atoms.